The number of carbonyl (C=O) groups excluding carboxylic acids is 2. The van der Waals surface area contributed by atoms with Crippen LogP contribution in [0.25, 0.3) is 0 Å². The lowest BCUT2D eigenvalue weighted by Crippen LogP contribution is -2.16. The molecule has 0 unspecified atom stereocenters. The van der Waals surface area contributed by atoms with Crippen LogP contribution >= 0.6 is 24.4 Å². The molecule has 1 saturated heterocycles. The Morgan fingerprint density at radius 3 is 1.70 bits per heavy atom. The van der Waals surface area contributed by atoms with E-state index in [-0.39, 0.29) is 24.7 Å². The van der Waals surface area contributed by atoms with E-state index in [9.17, 15) is 9.59 Å². The molecule has 2 amide bonds. The van der Waals surface area contributed by atoms with Gasteiger partial charge < -0.3 is 0 Å². The first kappa shape index (κ1) is 9.78. The number of halogens is 1. The monoisotopic (exact) mass is 181 g/mol. The van der Waals surface area contributed by atoms with Crippen LogP contribution in [0.3, 0.4) is 0 Å². The zero-order valence-electron chi connectivity index (χ0n) is 5.50. The average Bonchev–Trinajstić information content (AvgIpc) is 2.25. The highest BCUT2D eigenvalue weighted by atomic mass is 35.5. The lowest BCUT2D eigenvalue weighted by atomic mass is 10.4. The molecule has 0 spiro atoms. The van der Waals surface area contributed by atoms with Crippen LogP contribution < -0.4 is 0 Å². The van der Waals surface area contributed by atoms with Gasteiger partial charge in [-0.1, -0.05) is 0 Å². The standard InChI is InChI=1S/C4H4ClNO2.CH4S/c5-6-3(7)1-2-4(6)8;1-2/h1-2H2;2H,1H3. The smallest absolute Gasteiger partial charge is 0.244 e. The molecule has 0 aromatic carbocycles. The van der Waals surface area contributed by atoms with Gasteiger partial charge >= 0.3 is 0 Å². The topological polar surface area (TPSA) is 37.4 Å². The third-order valence-electron chi connectivity index (χ3n) is 0.991. The molecule has 1 heterocycles. The van der Waals surface area contributed by atoms with E-state index in [1.165, 1.54) is 0 Å². The van der Waals surface area contributed by atoms with Gasteiger partial charge in [0.25, 0.3) is 0 Å². The first-order valence-electron chi connectivity index (χ1n) is 2.68. The minimum absolute atomic E-state index is 0.266. The number of hydrogen-bond donors (Lipinski definition) is 1. The maximum Gasteiger partial charge on any atom is 0.244 e. The van der Waals surface area contributed by atoms with Gasteiger partial charge in [-0.15, -0.1) is 0 Å². The summed E-state index contributed by atoms with van der Waals surface area (Å²) < 4.78 is 0.639. The number of imide groups is 1. The van der Waals surface area contributed by atoms with Gasteiger partial charge in [0.05, 0.1) is 0 Å². The van der Waals surface area contributed by atoms with Crippen molar-refractivity contribution < 1.29 is 9.59 Å². The summed E-state index contributed by atoms with van der Waals surface area (Å²) in [6, 6.07) is 0. The molecule has 58 valence electrons. The van der Waals surface area contributed by atoms with E-state index < -0.39 is 0 Å². The molecule has 0 aliphatic carbocycles. The maximum atomic E-state index is 10.4. The van der Waals surface area contributed by atoms with Gasteiger partial charge in [-0.3, -0.25) is 9.59 Å². The molecular formula is C5H8ClNO2S. The number of carbonyl (C=O) groups is 2. The summed E-state index contributed by atoms with van der Waals surface area (Å²) in [5.74, 6) is -0.590. The van der Waals surface area contributed by atoms with Gasteiger partial charge in [-0.2, -0.15) is 17.0 Å². The van der Waals surface area contributed by atoms with Crippen LogP contribution in [0.5, 0.6) is 0 Å². The fourth-order valence-electron chi connectivity index (χ4n) is 0.549. The third-order valence-corrected chi connectivity index (χ3v) is 1.37. The van der Waals surface area contributed by atoms with Crippen molar-refractivity contribution in [1.29, 1.82) is 0 Å². The van der Waals surface area contributed by atoms with Gasteiger partial charge in [-0.25, -0.2) is 0 Å². The van der Waals surface area contributed by atoms with Crippen LogP contribution in [0.4, 0.5) is 0 Å². The van der Waals surface area contributed by atoms with E-state index in [0.29, 0.717) is 4.42 Å². The highest BCUT2D eigenvalue weighted by molar-refractivity contribution is 7.79. The Balaban J connectivity index is 0.000000371. The van der Waals surface area contributed by atoms with Crippen LogP contribution in [0, 0.1) is 0 Å². The van der Waals surface area contributed by atoms with Crippen molar-refractivity contribution in [2.45, 2.75) is 12.8 Å². The Morgan fingerprint density at radius 1 is 1.30 bits per heavy atom. The van der Waals surface area contributed by atoms with E-state index in [2.05, 4.69) is 12.6 Å². The number of nitrogens with zero attached hydrogens (tertiary/aromatic N) is 1. The highest BCUT2D eigenvalue weighted by Crippen LogP contribution is 2.12. The molecule has 0 bridgehead atoms. The SMILES string of the molecule is CS.O=C1CCC(=O)N1Cl. The molecular weight excluding hydrogens is 174 g/mol. The predicted molar refractivity (Wildman–Crippen MR) is 41.9 cm³/mol. The second-order valence-corrected chi connectivity index (χ2v) is 1.91. The number of rotatable bonds is 0. The summed E-state index contributed by atoms with van der Waals surface area (Å²) in [5.41, 5.74) is 0. The number of thiol groups is 1. The minimum Gasteiger partial charge on any atom is -0.273 e. The quantitative estimate of drug-likeness (QED) is 0.342. The summed E-state index contributed by atoms with van der Waals surface area (Å²) in [4.78, 5) is 20.7. The molecule has 3 nitrogen and oxygen atoms in total. The summed E-state index contributed by atoms with van der Waals surface area (Å²) in [6.45, 7) is 0. The Morgan fingerprint density at radius 2 is 1.60 bits per heavy atom. The van der Waals surface area contributed by atoms with E-state index >= 15 is 0 Å². The zero-order chi connectivity index (χ0) is 8.15. The molecule has 1 aliphatic rings. The molecule has 0 atom stereocenters. The van der Waals surface area contributed by atoms with Gasteiger partial charge in [0.2, 0.25) is 11.8 Å². The Hall–Kier alpha value is -0.220. The Labute approximate surface area is 69.9 Å². The molecule has 1 fully saturated rings. The highest BCUT2D eigenvalue weighted by Gasteiger charge is 2.26. The van der Waals surface area contributed by atoms with Gasteiger partial charge in [0, 0.05) is 24.6 Å². The fraction of sp³-hybridized carbons (Fsp3) is 0.600. The van der Waals surface area contributed by atoms with Crippen LogP contribution in [-0.2, 0) is 9.59 Å². The third kappa shape index (κ3) is 2.19. The molecule has 0 radical (unpaired) electrons. The number of amides is 2. The molecule has 0 saturated carbocycles. The first-order chi connectivity index (χ1) is 4.72. The molecule has 0 N–H and O–H groups in total. The molecule has 0 aromatic heterocycles. The summed E-state index contributed by atoms with van der Waals surface area (Å²) in [7, 11) is 0. The molecule has 0 aromatic rings. The van der Waals surface area contributed by atoms with Gasteiger partial charge in [0.15, 0.2) is 0 Å². The summed E-state index contributed by atoms with van der Waals surface area (Å²) >= 11 is 8.68. The van der Waals surface area contributed by atoms with Gasteiger partial charge in [-0.05, 0) is 6.26 Å². The lowest BCUT2D eigenvalue weighted by Gasteiger charge is -1.96. The van der Waals surface area contributed by atoms with Crippen molar-refractivity contribution >= 4 is 36.2 Å². The van der Waals surface area contributed by atoms with Crippen molar-refractivity contribution in [2.24, 2.45) is 0 Å². The summed E-state index contributed by atoms with van der Waals surface area (Å²) in [6.07, 6.45) is 2.23. The van der Waals surface area contributed by atoms with Crippen LogP contribution in [0.1, 0.15) is 12.8 Å². The van der Waals surface area contributed by atoms with Crippen LogP contribution in [0.2, 0.25) is 0 Å². The zero-order valence-corrected chi connectivity index (χ0v) is 7.15. The first-order valence-corrected chi connectivity index (χ1v) is 3.91. The van der Waals surface area contributed by atoms with Crippen molar-refractivity contribution in [3.8, 4) is 0 Å². The van der Waals surface area contributed by atoms with Gasteiger partial charge in [0.1, 0.15) is 0 Å². The largest absolute Gasteiger partial charge is 0.273 e. The summed E-state index contributed by atoms with van der Waals surface area (Å²) in [5, 5.41) is 0. The number of hydrogen-bond acceptors (Lipinski definition) is 3. The molecule has 10 heavy (non-hydrogen) atoms. The average molecular weight is 182 g/mol. The Bertz CT molecular complexity index is 135. The van der Waals surface area contributed by atoms with E-state index in [1.807, 2.05) is 0 Å². The van der Waals surface area contributed by atoms with E-state index in [0.717, 1.165) is 0 Å². The second-order valence-electron chi connectivity index (χ2n) is 1.57. The lowest BCUT2D eigenvalue weighted by molar-refractivity contribution is -0.132. The Kier molecular flexibility index (Phi) is 4.47. The predicted octanol–water partition coefficient (Wildman–Crippen LogP) is 0.835. The molecule has 1 rings (SSSR count). The van der Waals surface area contributed by atoms with Crippen molar-refractivity contribution in [3.05, 3.63) is 0 Å². The van der Waals surface area contributed by atoms with Crippen LogP contribution in [0.15, 0.2) is 0 Å². The normalized spacial score (nSPS) is 16.9. The van der Waals surface area contributed by atoms with E-state index in [4.69, 9.17) is 11.8 Å². The van der Waals surface area contributed by atoms with Crippen LogP contribution in [-0.4, -0.2) is 22.5 Å². The van der Waals surface area contributed by atoms with Crippen molar-refractivity contribution in [1.82, 2.24) is 4.42 Å². The molecule has 1 aliphatic heterocycles. The maximum absolute atomic E-state index is 10.4. The second kappa shape index (κ2) is 4.57. The van der Waals surface area contributed by atoms with Crippen molar-refractivity contribution in [2.75, 3.05) is 6.26 Å². The van der Waals surface area contributed by atoms with E-state index in [1.54, 1.807) is 6.26 Å². The minimum atomic E-state index is -0.295. The molecule has 5 heteroatoms. The van der Waals surface area contributed by atoms with Crippen molar-refractivity contribution in [3.63, 3.8) is 0 Å². The fourth-order valence-corrected chi connectivity index (χ4v) is 0.718.